The average molecular weight is 301 g/mol. The summed E-state index contributed by atoms with van der Waals surface area (Å²) in [5.74, 6) is 0.282. The molecule has 4 heteroatoms. The van der Waals surface area contributed by atoms with Gasteiger partial charge < -0.3 is 10.4 Å². The van der Waals surface area contributed by atoms with Gasteiger partial charge in [0.25, 0.3) is 0 Å². The summed E-state index contributed by atoms with van der Waals surface area (Å²) >= 11 is 6.13. The minimum atomic E-state index is 0.227. The highest BCUT2D eigenvalue weighted by molar-refractivity contribution is 6.33. The second-order valence-corrected chi connectivity index (χ2v) is 5.46. The summed E-state index contributed by atoms with van der Waals surface area (Å²) in [7, 11) is 0. The van der Waals surface area contributed by atoms with Crippen LogP contribution in [-0.2, 0) is 6.42 Å². The molecule has 0 saturated carbocycles. The topological polar surface area (TPSA) is 56.0 Å². The third kappa shape index (κ3) is 4.40. The summed E-state index contributed by atoms with van der Waals surface area (Å²) in [6.07, 6.45) is 1.84. The molecule has 2 aromatic carbocycles. The van der Waals surface area contributed by atoms with Crippen molar-refractivity contribution in [3.05, 3.63) is 58.6 Å². The molecule has 0 aliphatic carbocycles. The normalized spacial score (nSPS) is 11.7. The zero-order valence-electron chi connectivity index (χ0n) is 11.8. The molecule has 21 heavy (non-hydrogen) atoms. The molecule has 1 unspecified atom stereocenters. The summed E-state index contributed by atoms with van der Waals surface area (Å²) in [5.41, 5.74) is 2.56. The molecule has 0 amide bonds. The van der Waals surface area contributed by atoms with E-state index in [0.29, 0.717) is 10.6 Å². The van der Waals surface area contributed by atoms with Gasteiger partial charge >= 0.3 is 0 Å². The molecule has 0 spiro atoms. The van der Waals surface area contributed by atoms with Crippen LogP contribution < -0.4 is 5.32 Å². The highest BCUT2D eigenvalue weighted by atomic mass is 35.5. The molecule has 0 aliphatic rings. The minimum Gasteiger partial charge on any atom is -0.508 e. The lowest BCUT2D eigenvalue weighted by Gasteiger charge is -2.16. The van der Waals surface area contributed by atoms with Crippen molar-refractivity contribution in [2.24, 2.45) is 0 Å². The van der Waals surface area contributed by atoms with E-state index in [1.165, 1.54) is 5.56 Å². The lowest BCUT2D eigenvalue weighted by molar-refractivity contribution is 0.475. The summed E-state index contributed by atoms with van der Waals surface area (Å²) < 4.78 is 0. The molecular weight excluding hydrogens is 284 g/mol. The molecule has 0 heterocycles. The van der Waals surface area contributed by atoms with Crippen LogP contribution in [0.4, 0.5) is 5.69 Å². The molecule has 0 aliphatic heterocycles. The number of phenols is 1. The van der Waals surface area contributed by atoms with Gasteiger partial charge in [0.05, 0.1) is 22.3 Å². The van der Waals surface area contributed by atoms with Crippen LogP contribution in [0, 0.1) is 11.3 Å². The van der Waals surface area contributed by atoms with E-state index in [9.17, 15) is 5.11 Å². The van der Waals surface area contributed by atoms with Crippen LogP contribution in [0.1, 0.15) is 24.5 Å². The van der Waals surface area contributed by atoms with E-state index in [1.54, 1.807) is 30.3 Å². The zero-order valence-corrected chi connectivity index (χ0v) is 12.6. The van der Waals surface area contributed by atoms with Crippen molar-refractivity contribution in [2.45, 2.75) is 25.8 Å². The number of halogens is 1. The number of benzene rings is 2. The van der Waals surface area contributed by atoms with E-state index < -0.39 is 0 Å². The van der Waals surface area contributed by atoms with Gasteiger partial charge in [-0.2, -0.15) is 5.26 Å². The largest absolute Gasteiger partial charge is 0.508 e. The summed E-state index contributed by atoms with van der Waals surface area (Å²) in [6, 6.07) is 14.8. The molecule has 2 aromatic rings. The van der Waals surface area contributed by atoms with E-state index in [1.807, 2.05) is 12.1 Å². The van der Waals surface area contributed by atoms with Gasteiger partial charge in [-0.05, 0) is 55.7 Å². The summed E-state index contributed by atoms with van der Waals surface area (Å²) in [4.78, 5) is 0. The van der Waals surface area contributed by atoms with Gasteiger partial charge in [0, 0.05) is 6.04 Å². The van der Waals surface area contributed by atoms with Gasteiger partial charge in [-0.3, -0.25) is 0 Å². The molecule has 0 fully saturated rings. The Labute approximate surface area is 129 Å². The van der Waals surface area contributed by atoms with Crippen LogP contribution in [0.25, 0.3) is 0 Å². The molecule has 0 radical (unpaired) electrons. The first-order valence-electron chi connectivity index (χ1n) is 6.82. The number of nitrogens with zero attached hydrogens (tertiary/aromatic N) is 1. The Balaban J connectivity index is 1.94. The first-order chi connectivity index (χ1) is 10.1. The smallest absolute Gasteiger partial charge is 0.115 e. The van der Waals surface area contributed by atoms with Crippen molar-refractivity contribution in [1.82, 2.24) is 0 Å². The quantitative estimate of drug-likeness (QED) is 0.863. The van der Waals surface area contributed by atoms with E-state index in [0.717, 1.165) is 18.5 Å². The van der Waals surface area contributed by atoms with Crippen molar-refractivity contribution in [3.8, 4) is 11.8 Å². The first-order valence-corrected chi connectivity index (χ1v) is 7.20. The van der Waals surface area contributed by atoms with Gasteiger partial charge in [0.15, 0.2) is 0 Å². The number of rotatable bonds is 5. The van der Waals surface area contributed by atoms with E-state index in [2.05, 4.69) is 18.3 Å². The third-order valence-electron chi connectivity index (χ3n) is 3.30. The second kappa shape index (κ2) is 7.01. The predicted molar refractivity (Wildman–Crippen MR) is 85.7 cm³/mol. The third-order valence-corrected chi connectivity index (χ3v) is 3.63. The van der Waals surface area contributed by atoms with Gasteiger partial charge in [-0.1, -0.05) is 23.7 Å². The molecule has 108 valence electrons. The highest BCUT2D eigenvalue weighted by Gasteiger charge is 2.07. The van der Waals surface area contributed by atoms with Crippen molar-refractivity contribution in [3.63, 3.8) is 0 Å². The van der Waals surface area contributed by atoms with Crippen LogP contribution in [-0.4, -0.2) is 11.1 Å². The highest BCUT2D eigenvalue weighted by Crippen LogP contribution is 2.24. The fourth-order valence-electron chi connectivity index (χ4n) is 2.09. The average Bonchev–Trinajstić information content (AvgIpc) is 2.49. The van der Waals surface area contributed by atoms with Crippen molar-refractivity contribution in [1.29, 1.82) is 5.26 Å². The number of hydrogen-bond donors (Lipinski definition) is 2. The maximum Gasteiger partial charge on any atom is 0.115 e. The van der Waals surface area contributed by atoms with Gasteiger partial charge in [0.1, 0.15) is 5.75 Å². The van der Waals surface area contributed by atoms with Crippen LogP contribution in [0.3, 0.4) is 0 Å². The second-order valence-electron chi connectivity index (χ2n) is 5.06. The molecular formula is C17H17ClN2O. The molecule has 1 atom stereocenters. The van der Waals surface area contributed by atoms with Crippen molar-refractivity contribution < 1.29 is 5.11 Å². The number of phenolic OH excluding ortho intramolecular Hbond substituents is 1. The Bertz CT molecular complexity index is 647. The van der Waals surface area contributed by atoms with Gasteiger partial charge in [-0.15, -0.1) is 0 Å². The van der Waals surface area contributed by atoms with Gasteiger partial charge in [-0.25, -0.2) is 0 Å². The number of aryl methyl sites for hydroxylation is 1. The SMILES string of the molecule is CC(CCc1ccc(O)cc1)Nc1cc(C#N)ccc1Cl. The number of nitrogens with one attached hydrogen (secondary N) is 1. The van der Waals surface area contributed by atoms with Crippen LogP contribution in [0.2, 0.25) is 5.02 Å². The molecule has 2 N–H and O–H groups in total. The van der Waals surface area contributed by atoms with Crippen LogP contribution in [0.5, 0.6) is 5.75 Å². The zero-order chi connectivity index (χ0) is 15.2. The van der Waals surface area contributed by atoms with E-state index in [-0.39, 0.29) is 11.8 Å². The number of anilines is 1. The number of nitriles is 1. The van der Waals surface area contributed by atoms with Crippen molar-refractivity contribution >= 4 is 17.3 Å². The minimum absolute atomic E-state index is 0.227. The molecule has 0 saturated heterocycles. The predicted octanol–water partition coefficient (Wildman–Crippen LogP) is 4.35. The molecule has 2 rings (SSSR count). The van der Waals surface area contributed by atoms with Crippen LogP contribution in [0.15, 0.2) is 42.5 Å². The van der Waals surface area contributed by atoms with Crippen LogP contribution >= 0.6 is 11.6 Å². The molecule has 0 bridgehead atoms. The maximum atomic E-state index is 9.26. The fourth-order valence-corrected chi connectivity index (χ4v) is 2.26. The number of aromatic hydroxyl groups is 1. The Morgan fingerprint density at radius 1 is 1.24 bits per heavy atom. The monoisotopic (exact) mass is 300 g/mol. The Kier molecular flexibility index (Phi) is 5.08. The summed E-state index contributed by atoms with van der Waals surface area (Å²) in [5, 5.41) is 22.1. The fraction of sp³-hybridized carbons (Fsp3) is 0.235. The van der Waals surface area contributed by atoms with E-state index in [4.69, 9.17) is 16.9 Å². The Morgan fingerprint density at radius 3 is 2.62 bits per heavy atom. The number of hydrogen-bond acceptors (Lipinski definition) is 3. The molecule has 3 nitrogen and oxygen atoms in total. The van der Waals surface area contributed by atoms with Gasteiger partial charge in [0.2, 0.25) is 0 Å². The summed E-state index contributed by atoms with van der Waals surface area (Å²) in [6.45, 7) is 2.08. The van der Waals surface area contributed by atoms with Crippen molar-refractivity contribution in [2.75, 3.05) is 5.32 Å². The lowest BCUT2D eigenvalue weighted by Crippen LogP contribution is -2.16. The Morgan fingerprint density at radius 2 is 1.95 bits per heavy atom. The van der Waals surface area contributed by atoms with E-state index >= 15 is 0 Å². The first kappa shape index (κ1) is 15.2. The Hall–Kier alpha value is -2.18. The maximum absolute atomic E-state index is 9.26. The molecule has 0 aromatic heterocycles. The standard InChI is InChI=1S/C17H17ClN2O/c1-12(2-3-13-4-7-15(21)8-5-13)20-17-10-14(11-19)6-9-16(17)18/h4-10,12,20-21H,2-3H2,1H3. The lowest BCUT2D eigenvalue weighted by atomic mass is 10.1.